The standard InChI is InChI=1S/C55H74N12O8/c1-2-3-23-47(69)62-43-24-25-46(68)59-30-13-12-21-41(48(56)70)63-51(73)45(33-38-34-61-40-20-11-10-19-39(38)40)65-49(71)42(22-14-31-60-54(57)58)64-50(72)44(32-35-15-6-4-7-16-35)66-53(75)55(67-52(43)74)28-26-37(27-29-55)36-17-8-5-9-18-36/h4-11,15-20,34,37,41-45,61H,2-3,12-14,21-33H2,1H3,(H2,56,70)(H,59,68)(H,62,69)(H,63,73)(H,64,72)(H,65,71)(H,66,75)(H,67,74)(H4,57,58,60)/t37?,41-,42-,43-,44+,45-,55?/m0/s1. The van der Waals surface area contributed by atoms with Gasteiger partial charge in [-0.1, -0.05) is 92.2 Å². The van der Waals surface area contributed by atoms with Gasteiger partial charge in [0.25, 0.3) is 0 Å². The van der Waals surface area contributed by atoms with E-state index in [0.29, 0.717) is 43.2 Å². The highest BCUT2D eigenvalue weighted by Crippen LogP contribution is 2.38. The average Bonchev–Trinajstić information content (AvgIpc) is 3.81. The molecular weight excluding hydrogens is 957 g/mol. The number of fused-ring (bicyclic) bond motifs is 1. The lowest BCUT2D eigenvalue weighted by Crippen LogP contribution is -2.66. The zero-order chi connectivity index (χ0) is 53.7. The fraction of sp³-hybridized carbons (Fsp3) is 0.473. The molecule has 75 heavy (non-hydrogen) atoms. The molecule has 4 aromatic rings. The second-order valence-corrected chi connectivity index (χ2v) is 19.7. The number of rotatable bonds is 14. The summed E-state index contributed by atoms with van der Waals surface area (Å²) in [5.74, 6) is -5.17. The molecule has 8 amide bonds. The molecule has 402 valence electrons. The number of nitrogens with two attached hydrogens (primary N) is 3. The van der Waals surface area contributed by atoms with Crippen molar-refractivity contribution >= 4 is 64.1 Å². The average molecular weight is 1030 g/mol. The van der Waals surface area contributed by atoms with Gasteiger partial charge in [0, 0.05) is 55.9 Å². The van der Waals surface area contributed by atoms with Crippen molar-refractivity contribution in [3.63, 3.8) is 0 Å². The summed E-state index contributed by atoms with van der Waals surface area (Å²) in [6, 6.07) is 20.0. The molecule has 2 fully saturated rings. The number of H-pyrrole nitrogens is 1. The van der Waals surface area contributed by atoms with Crippen LogP contribution in [0.5, 0.6) is 0 Å². The van der Waals surface area contributed by atoms with E-state index in [2.05, 4.69) is 47.2 Å². The lowest BCUT2D eigenvalue weighted by molar-refractivity contribution is -0.139. The number of hydrogen-bond acceptors (Lipinski definition) is 9. The van der Waals surface area contributed by atoms with Crippen LogP contribution in [0.15, 0.2) is 96.1 Å². The minimum atomic E-state index is -1.57. The van der Waals surface area contributed by atoms with Crippen molar-refractivity contribution in [1.29, 1.82) is 0 Å². The van der Waals surface area contributed by atoms with E-state index in [9.17, 15) is 33.6 Å². The van der Waals surface area contributed by atoms with Crippen LogP contribution >= 0.6 is 0 Å². The third-order valence-electron chi connectivity index (χ3n) is 14.1. The molecule has 2 heterocycles. The third-order valence-corrected chi connectivity index (χ3v) is 14.1. The summed E-state index contributed by atoms with van der Waals surface area (Å²) in [4.78, 5) is 120. The first-order chi connectivity index (χ1) is 36.1. The van der Waals surface area contributed by atoms with Crippen LogP contribution in [0.3, 0.4) is 0 Å². The van der Waals surface area contributed by atoms with Gasteiger partial charge < -0.3 is 59.4 Å². The van der Waals surface area contributed by atoms with E-state index in [1.165, 1.54) is 0 Å². The van der Waals surface area contributed by atoms with Gasteiger partial charge in [-0.15, -0.1) is 0 Å². The molecule has 0 unspecified atom stereocenters. The van der Waals surface area contributed by atoms with Crippen LogP contribution in [0.25, 0.3) is 10.9 Å². The normalized spacial score (nSPS) is 24.0. The van der Waals surface area contributed by atoms with Gasteiger partial charge in [-0.2, -0.15) is 0 Å². The Bertz CT molecular complexity index is 2610. The smallest absolute Gasteiger partial charge is 0.246 e. The molecule has 1 aliphatic carbocycles. The van der Waals surface area contributed by atoms with Crippen LogP contribution in [0.4, 0.5) is 0 Å². The summed E-state index contributed by atoms with van der Waals surface area (Å²) in [5, 5.41) is 20.9. The number of aliphatic imine (C=N–C) groups is 1. The van der Waals surface area contributed by atoms with E-state index in [-0.39, 0.29) is 101 Å². The summed E-state index contributed by atoms with van der Waals surface area (Å²) >= 11 is 0. The van der Waals surface area contributed by atoms with Gasteiger partial charge in [0.15, 0.2) is 5.96 Å². The zero-order valence-corrected chi connectivity index (χ0v) is 42.8. The maximum Gasteiger partial charge on any atom is 0.246 e. The van der Waals surface area contributed by atoms with Crippen LogP contribution in [0.1, 0.15) is 119 Å². The molecular formula is C55H74N12O8. The van der Waals surface area contributed by atoms with E-state index in [1.807, 2.05) is 67.6 Å². The molecule has 1 spiro atoms. The molecule has 14 N–H and O–H groups in total. The minimum Gasteiger partial charge on any atom is -0.370 e. The summed E-state index contributed by atoms with van der Waals surface area (Å²) in [6.07, 6.45) is 5.32. The molecule has 2 aliphatic rings. The Kier molecular flexibility index (Phi) is 21.1. The maximum atomic E-state index is 15.2. The number of carbonyl (C=O) groups excluding carboxylic acids is 8. The van der Waals surface area contributed by atoms with Crippen molar-refractivity contribution in [2.45, 2.75) is 151 Å². The van der Waals surface area contributed by atoms with E-state index in [4.69, 9.17) is 17.2 Å². The fourth-order valence-electron chi connectivity index (χ4n) is 9.80. The lowest BCUT2D eigenvalue weighted by Gasteiger charge is -2.41. The molecule has 20 nitrogen and oxygen atoms in total. The summed E-state index contributed by atoms with van der Waals surface area (Å²) < 4.78 is 0. The predicted molar refractivity (Wildman–Crippen MR) is 285 cm³/mol. The Morgan fingerprint density at radius 1 is 0.707 bits per heavy atom. The molecule has 3 aromatic carbocycles. The van der Waals surface area contributed by atoms with Crippen LogP contribution in [0.2, 0.25) is 0 Å². The van der Waals surface area contributed by atoms with E-state index in [0.717, 1.165) is 22.9 Å². The van der Waals surface area contributed by atoms with E-state index < -0.39 is 71.2 Å². The van der Waals surface area contributed by atoms with Crippen molar-refractivity contribution in [3.05, 3.63) is 108 Å². The number of primary amides is 1. The topological polar surface area (TPSA) is 327 Å². The van der Waals surface area contributed by atoms with Gasteiger partial charge in [0.05, 0.1) is 0 Å². The van der Waals surface area contributed by atoms with Crippen LogP contribution in [0, 0.1) is 0 Å². The van der Waals surface area contributed by atoms with Crippen molar-refractivity contribution in [3.8, 4) is 0 Å². The molecule has 1 saturated heterocycles. The van der Waals surface area contributed by atoms with Crippen molar-refractivity contribution < 1.29 is 38.4 Å². The predicted octanol–water partition coefficient (Wildman–Crippen LogP) is 2.40. The van der Waals surface area contributed by atoms with Crippen molar-refractivity contribution in [2.75, 3.05) is 13.1 Å². The van der Waals surface area contributed by atoms with Gasteiger partial charge in [0.1, 0.15) is 35.7 Å². The Hall–Kier alpha value is -7.77. The number of nitrogens with one attached hydrogen (secondary N) is 8. The highest BCUT2D eigenvalue weighted by Gasteiger charge is 2.46. The lowest BCUT2D eigenvalue weighted by atomic mass is 9.73. The molecule has 5 atom stereocenters. The molecule has 0 bridgehead atoms. The number of amides is 8. The first-order valence-corrected chi connectivity index (χ1v) is 26.2. The fourth-order valence-corrected chi connectivity index (χ4v) is 9.80. The van der Waals surface area contributed by atoms with Gasteiger partial charge >= 0.3 is 0 Å². The highest BCUT2D eigenvalue weighted by molar-refractivity contribution is 5.99. The number of aromatic nitrogens is 1. The third kappa shape index (κ3) is 16.9. The number of unbranched alkanes of at least 4 members (excludes halogenated alkanes) is 1. The van der Waals surface area contributed by atoms with Crippen LogP contribution in [-0.2, 0) is 51.2 Å². The number of benzene rings is 3. The largest absolute Gasteiger partial charge is 0.370 e. The summed E-state index contributed by atoms with van der Waals surface area (Å²) in [5.41, 5.74) is 18.7. The summed E-state index contributed by atoms with van der Waals surface area (Å²) in [7, 11) is 0. The molecule has 1 aromatic heterocycles. The second kappa shape index (κ2) is 28.1. The van der Waals surface area contributed by atoms with Gasteiger partial charge in [0.2, 0.25) is 47.3 Å². The highest BCUT2D eigenvalue weighted by atomic mass is 16.2. The second-order valence-electron chi connectivity index (χ2n) is 19.7. The first kappa shape index (κ1) is 56.5. The Morgan fingerprint density at radius 3 is 2.07 bits per heavy atom. The van der Waals surface area contributed by atoms with Gasteiger partial charge in [-0.05, 0) is 99.3 Å². The Labute approximate surface area is 437 Å². The quantitative estimate of drug-likeness (QED) is 0.0498. The monoisotopic (exact) mass is 1030 g/mol. The van der Waals surface area contributed by atoms with Gasteiger partial charge in [-0.25, -0.2) is 0 Å². The number of guanidine groups is 1. The number of para-hydroxylation sites is 1. The van der Waals surface area contributed by atoms with Crippen LogP contribution in [-0.4, -0.2) is 107 Å². The van der Waals surface area contributed by atoms with E-state index in [1.54, 1.807) is 30.5 Å². The zero-order valence-electron chi connectivity index (χ0n) is 42.8. The van der Waals surface area contributed by atoms with Gasteiger partial charge in [-0.3, -0.25) is 43.3 Å². The molecule has 1 saturated carbocycles. The van der Waals surface area contributed by atoms with E-state index >= 15 is 4.79 Å². The Balaban J connectivity index is 1.38. The molecule has 20 heteroatoms. The van der Waals surface area contributed by atoms with Crippen LogP contribution < -0.4 is 54.4 Å². The molecule has 1 aliphatic heterocycles. The number of nitrogens with zero attached hydrogens (tertiary/aromatic N) is 1. The molecule has 0 radical (unpaired) electrons. The number of aromatic amines is 1. The van der Waals surface area contributed by atoms with Crippen molar-refractivity contribution in [1.82, 2.24) is 42.2 Å². The number of hydrogen-bond donors (Lipinski definition) is 11. The summed E-state index contributed by atoms with van der Waals surface area (Å²) in [6.45, 7) is 2.23. The van der Waals surface area contributed by atoms with Crippen molar-refractivity contribution in [2.24, 2.45) is 22.2 Å². The molecule has 6 rings (SSSR count). The Morgan fingerprint density at radius 2 is 1.36 bits per heavy atom. The SMILES string of the molecule is CCCCC(=O)N[C@H]1CCC(=O)NCCCC[C@@H](C(N)=O)NC(=O)[C@H](Cc2c[nH]c3ccccc23)NC(=O)[C@H](CCCN=C(N)N)NC(=O)[C@@H](Cc2ccccc2)NC(=O)C2(CCC(c3ccccc3)CC2)NC1=O. The minimum absolute atomic E-state index is 0.00549. The first-order valence-electron chi connectivity index (χ1n) is 26.2. The maximum absolute atomic E-state index is 15.2. The number of carbonyl (C=O) groups is 8.